The zero-order valence-corrected chi connectivity index (χ0v) is 14.3. The largest absolute Gasteiger partial charge is 0.444 e. The van der Waals surface area contributed by atoms with E-state index in [1.807, 2.05) is 0 Å². The zero-order valence-electron chi connectivity index (χ0n) is 13.5. The molecule has 0 bridgehead atoms. The second-order valence-electron chi connectivity index (χ2n) is 7.29. The van der Waals surface area contributed by atoms with Gasteiger partial charge >= 0.3 is 6.09 Å². The van der Waals surface area contributed by atoms with E-state index in [-0.39, 0.29) is 5.75 Å². The second-order valence-corrected chi connectivity index (χ2v) is 9.98. The molecule has 1 fully saturated rings. The van der Waals surface area contributed by atoms with Gasteiger partial charge in [-0.05, 0) is 48.0 Å². The van der Waals surface area contributed by atoms with Gasteiger partial charge in [0, 0.05) is 5.92 Å². The zero-order chi connectivity index (χ0) is 16.7. The highest BCUT2D eigenvalue weighted by atomic mass is 32.2. The number of alkyl carbamates (subject to hydrolysis) is 1. The van der Waals surface area contributed by atoms with Gasteiger partial charge in [0.25, 0.3) is 0 Å². The minimum atomic E-state index is -3.29. The Balaban J connectivity index is 3.02. The Morgan fingerprint density at radius 1 is 1.29 bits per heavy atom. The number of amides is 1. The molecule has 2 atom stereocenters. The summed E-state index contributed by atoms with van der Waals surface area (Å²) in [6.07, 6.45) is 0.210. The number of carbonyl (C=O) groups is 2. The van der Waals surface area contributed by atoms with Crippen LogP contribution in [0.3, 0.4) is 0 Å². The molecule has 1 aliphatic rings. The standard InChI is InChI=1S/C14H25NO5S/c1-12(2,3)20-11(17)15-14(6,9-16)10-7-8-21(18,19)13(10,4)5/h9-10H,7-8H2,1-6H3,(H,15,17). The summed E-state index contributed by atoms with van der Waals surface area (Å²) in [6.45, 7) is 9.88. The first kappa shape index (κ1) is 17.9. The minimum Gasteiger partial charge on any atom is -0.444 e. The van der Waals surface area contributed by atoms with Crippen LogP contribution in [0, 0.1) is 5.92 Å². The fraction of sp³-hybridized carbons (Fsp3) is 0.857. The van der Waals surface area contributed by atoms with Crippen LogP contribution in [0.25, 0.3) is 0 Å². The summed E-state index contributed by atoms with van der Waals surface area (Å²) in [4.78, 5) is 23.5. The lowest BCUT2D eigenvalue weighted by atomic mass is 9.77. The number of ether oxygens (including phenoxy) is 1. The lowest BCUT2D eigenvalue weighted by Gasteiger charge is -2.38. The monoisotopic (exact) mass is 319 g/mol. The molecular formula is C14H25NO5S. The molecule has 0 aromatic heterocycles. The van der Waals surface area contributed by atoms with Crippen LogP contribution in [0.1, 0.15) is 48.0 Å². The summed E-state index contributed by atoms with van der Waals surface area (Å²) in [7, 11) is -3.29. The summed E-state index contributed by atoms with van der Waals surface area (Å²) < 4.78 is 28.3. The van der Waals surface area contributed by atoms with Gasteiger partial charge < -0.3 is 14.8 Å². The molecule has 0 aromatic rings. The molecule has 0 spiro atoms. The summed E-state index contributed by atoms with van der Waals surface area (Å²) in [5.74, 6) is -0.482. The van der Waals surface area contributed by atoms with Crippen LogP contribution >= 0.6 is 0 Å². The molecule has 1 saturated heterocycles. The maximum absolute atomic E-state index is 12.1. The highest BCUT2D eigenvalue weighted by molar-refractivity contribution is 7.93. The molecule has 0 aromatic carbocycles. The highest BCUT2D eigenvalue weighted by Crippen LogP contribution is 2.42. The number of rotatable bonds is 3. The molecule has 21 heavy (non-hydrogen) atoms. The maximum Gasteiger partial charge on any atom is 0.408 e. The quantitative estimate of drug-likeness (QED) is 0.799. The van der Waals surface area contributed by atoms with Crippen LogP contribution in [0.5, 0.6) is 0 Å². The first-order valence-electron chi connectivity index (χ1n) is 6.95. The van der Waals surface area contributed by atoms with E-state index in [0.717, 1.165) is 0 Å². The number of nitrogens with one attached hydrogen (secondary N) is 1. The van der Waals surface area contributed by atoms with Crippen LogP contribution in [-0.2, 0) is 19.4 Å². The molecule has 6 nitrogen and oxygen atoms in total. The number of aldehydes is 1. The minimum absolute atomic E-state index is 0.0180. The average Bonchev–Trinajstić information content (AvgIpc) is 2.46. The third kappa shape index (κ3) is 3.56. The van der Waals surface area contributed by atoms with E-state index < -0.39 is 37.7 Å². The molecule has 1 aliphatic heterocycles. The van der Waals surface area contributed by atoms with Gasteiger partial charge in [-0.1, -0.05) is 0 Å². The van der Waals surface area contributed by atoms with Crippen molar-refractivity contribution in [2.45, 2.75) is 63.9 Å². The van der Waals surface area contributed by atoms with Crippen LogP contribution in [0.4, 0.5) is 4.79 Å². The summed E-state index contributed by atoms with van der Waals surface area (Å²) in [5, 5.41) is 2.54. The normalized spacial score (nSPS) is 26.7. The van der Waals surface area contributed by atoms with E-state index in [9.17, 15) is 18.0 Å². The Morgan fingerprint density at radius 2 is 1.81 bits per heavy atom. The Labute approximate surface area is 126 Å². The SMILES string of the molecule is CC(C)(C)OC(=O)NC(C)(C=O)C1CCS(=O)(=O)C1(C)C. The fourth-order valence-electron chi connectivity index (χ4n) is 2.84. The van der Waals surface area contributed by atoms with Crippen molar-refractivity contribution in [2.75, 3.05) is 5.75 Å². The van der Waals surface area contributed by atoms with Crippen molar-refractivity contribution in [1.82, 2.24) is 5.32 Å². The van der Waals surface area contributed by atoms with Crippen molar-refractivity contribution >= 4 is 22.2 Å². The number of hydrogen-bond donors (Lipinski definition) is 1. The first-order chi connectivity index (χ1) is 9.25. The van der Waals surface area contributed by atoms with Gasteiger partial charge in [0.05, 0.1) is 10.5 Å². The first-order valence-corrected chi connectivity index (χ1v) is 8.60. The third-order valence-electron chi connectivity index (χ3n) is 4.05. The predicted octanol–water partition coefficient (Wildman–Crippen LogP) is 1.68. The molecular weight excluding hydrogens is 294 g/mol. The van der Waals surface area contributed by atoms with Gasteiger partial charge in [-0.3, -0.25) is 0 Å². The Bertz CT molecular complexity index is 532. The van der Waals surface area contributed by atoms with Crippen LogP contribution < -0.4 is 5.32 Å². The molecule has 2 unspecified atom stereocenters. The molecule has 0 saturated carbocycles. The van der Waals surface area contributed by atoms with E-state index in [2.05, 4.69) is 5.32 Å². The van der Waals surface area contributed by atoms with Crippen molar-refractivity contribution in [3.63, 3.8) is 0 Å². The fourth-order valence-corrected chi connectivity index (χ4v) is 4.71. The highest BCUT2D eigenvalue weighted by Gasteiger charge is 2.55. The lowest BCUT2D eigenvalue weighted by Crippen LogP contribution is -2.58. The van der Waals surface area contributed by atoms with E-state index in [1.54, 1.807) is 34.6 Å². The topological polar surface area (TPSA) is 89.5 Å². The van der Waals surface area contributed by atoms with Gasteiger partial charge in [-0.15, -0.1) is 0 Å². The van der Waals surface area contributed by atoms with Crippen molar-refractivity contribution in [2.24, 2.45) is 5.92 Å². The van der Waals surface area contributed by atoms with Gasteiger partial charge in [-0.25, -0.2) is 13.2 Å². The lowest BCUT2D eigenvalue weighted by molar-refractivity contribution is -0.115. The average molecular weight is 319 g/mol. The van der Waals surface area contributed by atoms with Gasteiger partial charge in [0.1, 0.15) is 17.4 Å². The predicted molar refractivity (Wildman–Crippen MR) is 79.8 cm³/mol. The second kappa shape index (κ2) is 5.26. The number of sulfone groups is 1. The van der Waals surface area contributed by atoms with E-state index in [0.29, 0.717) is 12.7 Å². The molecule has 7 heteroatoms. The summed E-state index contributed by atoms with van der Waals surface area (Å²) >= 11 is 0. The van der Waals surface area contributed by atoms with Crippen molar-refractivity contribution in [3.8, 4) is 0 Å². The third-order valence-corrected chi connectivity index (χ3v) is 6.72. The maximum atomic E-state index is 12.1. The summed E-state index contributed by atoms with van der Waals surface area (Å²) in [5.41, 5.74) is -1.97. The smallest absolute Gasteiger partial charge is 0.408 e. The van der Waals surface area contributed by atoms with Crippen molar-refractivity contribution < 1.29 is 22.7 Å². The summed E-state index contributed by atoms with van der Waals surface area (Å²) in [6, 6.07) is 0. The molecule has 0 radical (unpaired) electrons. The van der Waals surface area contributed by atoms with E-state index >= 15 is 0 Å². The molecule has 1 rings (SSSR count). The van der Waals surface area contributed by atoms with E-state index in [4.69, 9.17) is 4.74 Å². The van der Waals surface area contributed by atoms with E-state index in [1.165, 1.54) is 6.92 Å². The van der Waals surface area contributed by atoms with Crippen LogP contribution in [-0.4, -0.2) is 42.4 Å². The van der Waals surface area contributed by atoms with Crippen molar-refractivity contribution in [1.29, 1.82) is 0 Å². The van der Waals surface area contributed by atoms with Gasteiger partial charge in [0.2, 0.25) is 0 Å². The van der Waals surface area contributed by atoms with Gasteiger partial charge in [-0.2, -0.15) is 0 Å². The Morgan fingerprint density at radius 3 is 2.14 bits per heavy atom. The van der Waals surface area contributed by atoms with Crippen molar-refractivity contribution in [3.05, 3.63) is 0 Å². The van der Waals surface area contributed by atoms with Gasteiger partial charge in [0.15, 0.2) is 9.84 Å². The Kier molecular flexibility index (Phi) is 4.50. The molecule has 1 amide bonds. The molecule has 122 valence electrons. The van der Waals surface area contributed by atoms with Crippen LogP contribution in [0.2, 0.25) is 0 Å². The number of carbonyl (C=O) groups excluding carboxylic acids is 2. The number of hydrogen-bond acceptors (Lipinski definition) is 5. The Hall–Kier alpha value is -1.11. The molecule has 1 N–H and O–H groups in total. The van der Waals surface area contributed by atoms with Crippen LogP contribution in [0.15, 0.2) is 0 Å². The molecule has 1 heterocycles. The molecule has 0 aliphatic carbocycles.